The van der Waals surface area contributed by atoms with Gasteiger partial charge in [-0.05, 0) is 36.4 Å². The van der Waals surface area contributed by atoms with Crippen molar-refractivity contribution in [2.75, 3.05) is 48.9 Å². The van der Waals surface area contributed by atoms with Gasteiger partial charge in [0.25, 0.3) is 5.91 Å². The van der Waals surface area contributed by atoms with E-state index in [0.717, 1.165) is 29.1 Å². The molecule has 5 heterocycles. The summed E-state index contributed by atoms with van der Waals surface area (Å²) >= 11 is 7.10. The molecule has 2 N–H and O–H groups in total. The van der Waals surface area contributed by atoms with Crippen molar-refractivity contribution < 1.29 is 23.5 Å². The standard InChI is InChI=1S/C30H27ClFN7O4S/c1-3-25(40)38-10-11-39-18(16-38)9-12-43-23-13-17(14-33-28(23)39)21-7-8-22(42-2)27(35-21)37-30-34-15-24(44-30)29(41)36-26-19(31)5-4-6-20(26)32/h3-8,13-15,18H,1,9-12,16H2,2H3,(H,36,41)(H,34,35,37). The number of fused-ring (bicyclic) bond motifs is 3. The number of para-hydroxylation sites is 1. The van der Waals surface area contributed by atoms with E-state index in [0.29, 0.717) is 54.4 Å². The highest BCUT2D eigenvalue weighted by Gasteiger charge is 2.33. The van der Waals surface area contributed by atoms with Crippen molar-refractivity contribution in [3.8, 4) is 22.8 Å². The molecule has 1 atom stereocenters. The maximum atomic E-state index is 14.1. The Morgan fingerprint density at radius 1 is 1.23 bits per heavy atom. The molecule has 6 rings (SSSR count). The Kier molecular flexibility index (Phi) is 8.31. The van der Waals surface area contributed by atoms with Crippen molar-refractivity contribution in [1.29, 1.82) is 0 Å². The maximum absolute atomic E-state index is 14.1. The van der Waals surface area contributed by atoms with E-state index in [2.05, 4.69) is 27.1 Å². The predicted molar refractivity (Wildman–Crippen MR) is 167 cm³/mol. The fraction of sp³-hybridized carbons (Fsp3) is 0.233. The number of ether oxygens (including phenoxy) is 2. The number of carbonyl (C=O) groups excluding carboxylic acids is 2. The molecule has 0 aliphatic carbocycles. The average Bonchev–Trinajstić information content (AvgIpc) is 3.43. The zero-order valence-electron chi connectivity index (χ0n) is 23.5. The number of hydrogen-bond donors (Lipinski definition) is 2. The van der Waals surface area contributed by atoms with E-state index in [1.54, 1.807) is 17.2 Å². The van der Waals surface area contributed by atoms with Crippen LogP contribution in [0.3, 0.4) is 0 Å². The fourth-order valence-corrected chi connectivity index (χ4v) is 6.03. The third-order valence-electron chi connectivity index (χ3n) is 7.31. The lowest BCUT2D eigenvalue weighted by molar-refractivity contribution is -0.126. The second-order valence-electron chi connectivity index (χ2n) is 9.97. The maximum Gasteiger partial charge on any atom is 0.267 e. The number of hydrogen-bond acceptors (Lipinski definition) is 10. The highest BCUT2D eigenvalue weighted by molar-refractivity contribution is 7.17. The van der Waals surface area contributed by atoms with Gasteiger partial charge in [-0.15, -0.1) is 0 Å². The van der Waals surface area contributed by atoms with Crippen molar-refractivity contribution in [2.24, 2.45) is 0 Å². The number of nitrogens with one attached hydrogen (secondary N) is 2. The van der Waals surface area contributed by atoms with Gasteiger partial charge in [-0.1, -0.05) is 35.6 Å². The first-order chi connectivity index (χ1) is 21.3. The van der Waals surface area contributed by atoms with Crippen LogP contribution in [-0.2, 0) is 4.79 Å². The third-order valence-corrected chi connectivity index (χ3v) is 8.54. The van der Waals surface area contributed by atoms with Crippen LogP contribution in [0.2, 0.25) is 5.02 Å². The first kappa shape index (κ1) is 29.3. The van der Waals surface area contributed by atoms with E-state index in [4.69, 9.17) is 31.0 Å². The quantitative estimate of drug-likeness (QED) is 0.258. The van der Waals surface area contributed by atoms with Gasteiger partial charge in [0.05, 0.1) is 42.4 Å². The summed E-state index contributed by atoms with van der Waals surface area (Å²) in [7, 11) is 1.53. The van der Waals surface area contributed by atoms with Gasteiger partial charge in [0.15, 0.2) is 28.3 Å². The van der Waals surface area contributed by atoms with Crippen LogP contribution in [-0.4, -0.2) is 71.1 Å². The van der Waals surface area contributed by atoms with Gasteiger partial charge in [-0.25, -0.2) is 19.3 Å². The largest absolute Gasteiger partial charge is 0.493 e. The van der Waals surface area contributed by atoms with E-state index >= 15 is 0 Å². The first-order valence-electron chi connectivity index (χ1n) is 13.7. The number of benzene rings is 1. The molecule has 2 amide bonds. The number of thiazole rings is 1. The zero-order valence-corrected chi connectivity index (χ0v) is 25.1. The van der Waals surface area contributed by atoms with Crippen LogP contribution in [0, 0.1) is 5.82 Å². The van der Waals surface area contributed by atoms with Gasteiger partial charge < -0.3 is 29.9 Å². The lowest BCUT2D eigenvalue weighted by Gasteiger charge is -2.40. The highest BCUT2D eigenvalue weighted by Crippen LogP contribution is 2.37. The summed E-state index contributed by atoms with van der Waals surface area (Å²) in [6, 6.07) is 9.74. The Morgan fingerprint density at radius 2 is 2.09 bits per heavy atom. The van der Waals surface area contributed by atoms with Crippen LogP contribution in [0.5, 0.6) is 11.5 Å². The summed E-state index contributed by atoms with van der Waals surface area (Å²) in [5.41, 5.74) is 1.24. The van der Waals surface area contributed by atoms with Gasteiger partial charge in [0, 0.05) is 37.8 Å². The van der Waals surface area contributed by atoms with Gasteiger partial charge in [0.1, 0.15) is 10.7 Å². The van der Waals surface area contributed by atoms with Gasteiger partial charge in [-0.2, -0.15) is 0 Å². The number of piperazine rings is 1. The molecule has 1 unspecified atom stereocenters. The van der Waals surface area contributed by atoms with Crippen LogP contribution in [0.15, 0.2) is 61.4 Å². The normalized spacial score (nSPS) is 15.8. The summed E-state index contributed by atoms with van der Waals surface area (Å²) in [6.07, 6.45) is 5.22. The summed E-state index contributed by atoms with van der Waals surface area (Å²) in [5.74, 6) is 0.954. The van der Waals surface area contributed by atoms with Crippen LogP contribution in [0.25, 0.3) is 11.3 Å². The molecule has 1 saturated heterocycles. The molecule has 44 heavy (non-hydrogen) atoms. The van der Waals surface area contributed by atoms with Crippen molar-refractivity contribution in [2.45, 2.75) is 12.5 Å². The lowest BCUT2D eigenvalue weighted by atomic mass is 10.1. The highest BCUT2D eigenvalue weighted by atomic mass is 35.5. The second-order valence-corrected chi connectivity index (χ2v) is 11.4. The molecule has 226 valence electrons. The molecular formula is C30H27ClFN7O4S. The molecular weight excluding hydrogens is 609 g/mol. The molecule has 3 aromatic heterocycles. The van der Waals surface area contributed by atoms with Crippen LogP contribution in [0.1, 0.15) is 16.1 Å². The van der Waals surface area contributed by atoms with Gasteiger partial charge in [0.2, 0.25) is 5.91 Å². The topological polar surface area (TPSA) is 122 Å². The number of methoxy groups -OCH3 is 1. The molecule has 2 aliphatic rings. The Balaban J connectivity index is 1.21. The average molecular weight is 636 g/mol. The van der Waals surface area contributed by atoms with Crippen molar-refractivity contribution >= 4 is 57.2 Å². The fourth-order valence-electron chi connectivity index (χ4n) is 5.11. The minimum atomic E-state index is -0.639. The minimum absolute atomic E-state index is 0.0712. The van der Waals surface area contributed by atoms with Crippen molar-refractivity contribution in [3.63, 3.8) is 0 Å². The molecule has 0 radical (unpaired) electrons. The number of pyridine rings is 2. The van der Waals surface area contributed by atoms with E-state index in [-0.39, 0.29) is 27.5 Å². The minimum Gasteiger partial charge on any atom is -0.493 e. The molecule has 14 heteroatoms. The van der Waals surface area contributed by atoms with E-state index in [9.17, 15) is 14.0 Å². The molecule has 1 aromatic carbocycles. The van der Waals surface area contributed by atoms with Crippen LogP contribution in [0.4, 0.5) is 26.8 Å². The van der Waals surface area contributed by atoms with Gasteiger partial charge in [-0.3, -0.25) is 9.59 Å². The number of aromatic nitrogens is 3. The lowest BCUT2D eigenvalue weighted by Crippen LogP contribution is -2.54. The SMILES string of the molecule is C=CC(=O)N1CCN2c3ncc(-c4ccc(OC)c(Nc5ncc(C(=O)Nc6c(F)cccc6Cl)s5)n4)cc3OCCC2C1. The Morgan fingerprint density at radius 3 is 2.89 bits per heavy atom. The molecule has 11 nitrogen and oxygen atoms in total. The molecule has 1 fully saturated rings. The molecule has 0 bridgehead atoms. The predicted octanol–water partition coefficient (Wildman–Crippen LogP) is 5.38. The smallest absolute Gasteiger partial charge is 0.267 e. The number of nitrogens with zero attached hydrogens (tertiary/aromatic N) is 5. The number of halogens is 2. The van der Waals surface area contributed by atoms with E-state index < -0.39 is 11.7 Å². The summed E-state index contributed by atoms with van der Waals surface area (Å²) in [6.45, 7) is 5.90. The van der Waals surface area contributed by atoms with Crippen LogP contribution < -0.4 is 25.0 Å². The Labute approximate surface area is 261 Å². The van der Waals surface area contributed by atoms with E-state index in [1.807, 2.05) is 12.1 Å². The molecule has 2 aliphatic heterocycles. The van der Waals surface area contributed by atoms with Crippen molar-refractivity contribution in [1.82, 2.24) is 19.9 Å². The summed E-state index contributed by atoms with van der Waals surface area (Å²) in [5, 5.41) is 6.08. The molecule has 0 saturated carbocycles. The summed E-state index contributed by atoms with van der Waals surface area (Å²) in [4.78, 5) is 42.9. The number of rotatable bonds is 7. The number of carbonyl (C=O) groups is 2. The number of anilines is 4. The second kappa shape index (κ2) is 12.5. The summed E-state index contributed by atoms with van der Waals surface area (Å²) < 4.78 is 25.8. The van der Waals surface area contributed by atoms with Gasteiger partial charge >= 0.3 is 0 Å². The first-order valence-corrected chi connectivity index (χ1v) is 14.9. The molecule has 0 spiro atoms. The zero-order chi connectivity index (χ0) is 30.8. The Hall–Kier alpha value is -4.75. The van der Waals surface area contributed by atoms with E-state index in [1.165, 1.54) is 37.6 Å². The Bertz CT molecular complexity index is 1730. The van der Waals surface area contributed by atoms with Crippen LogP contribution >= 0.6 is 22.9 Å². The number of amides is 2. The monoisotopic (exact) mass is 635 g/mol. The molecule has 4 aromatic rings. The van der Waals surface area contributed by atoms with Crippen molar-refractivity contribution in [3.05, 3.63) is 77.2 Å². The third kappa shape index (κ3) is 5.88.